The van der Waals surface area contributed by atoms with Gasteiger partial charge in [0.15, 0.2) is 0 Å². The fourth-order valence-electron chi connectivity index (χ4n) is 0.173. The summed E-state index contributed by atoms with van der Waals surface area (Å²) in [6, 6.07) is 0. The fraction of sp³-hybridized carbons (Fsp3) is 0.250. The number of aliphatic imine (C=N–C) groups is 1. The maximum atomic E-state index is 12.0. The van der Waals surface area contributed by atoms with Crippen LogP contribution >= 0.6 is 0 Å². The third-order valence-electron chi connectivity index (χ3n) is 0.533. The quantitative estimate of drug-likeness (QED) is 0.386. The van der Waals surface area contributed by atoms with Crippen LogP contribution in [0.5, 0.6) is 0 Å². The minimum absolute atomic E-state index is 0.667. The first-order valence-electron chi connectivity index (χ1n) is 2.01. The van der Waals surface area contributed by atoms with E-state index in [2.05, 4.69) is 11.7 Å². The molecule has 0 heterocycles. The predicted octanol–water partition coefficient (Wildman–Crippen LogP) is -0.259. The molecule has 46 valence electrons. The van der Waals surface area contributed by atoms with Crippen molar-refractivity contribution in [2.24, 2.45) is 16.5 Å². The van der Waals surface area contributed by atoms with Crippen LogP contribution in [-0.2, 0) is 0 Å². The summed E-state index contributed by atoms with van der Waals surface area (Å²) in [5, 5.41) is 0. The zero-order chi connectivity index (χ0) is 6.57. The van der Waals surface area contributed by atoms with Gasteiger partial charge in [0.2, 0.25) is 0 Å². The Hall–Kier alpha value is -0.740. The lowest BCUT2D eigenvalue weighted by atomic mass is 10.5. The normalized spacial score (nSPS) is 12.2. The van der Waals surface area contributed by atoms with Gasteiger partial charge < -0.3 is 11.5 Å². The van der Waals surface area contributed by atoms with Crippen LogP contribution in [0.2, 0.25) is 0 Å². The summed E-state index contributed by atoms with van der Waals surface area (Å²) in [7, 11) is 0. The molecule has 4 N–H and O–H groups in total. The van der Waals surface area contributed by atoms with Crippen LogP contribution < -0.4 is 11.5 Å². The molecule has 8 heavy (non-hydrogen) atoms. The smallest absolute Gasteiger partial charge is 0.149 e. The summed E-state index contributed by atoms with van der Waals surface area (Å²) in [6.45, 7) is 3.01. The summed E-state index contributed by atoms with van der Waals surface area (Å²) >= 11 is 0. The summed E-state index contributed by atoms with van der Waals surface area (Å²) in [5.74, 6) is -0.667. The minimum Gasteiger partial charge on any atom is -0.310 e. The Labute approximate surface area is 46.9 Å². The maximum Gasteiger partial charge on any atom is 0.149 e. The first-order valence-corrected chi connectivity index (χ1v) is 2.01. The highest BCUT2D eigenvalue weighted by Gasteiger charge is 1.98. The molecule has 0 aliphatic heterocycles. The Morgan fingerprint density at radius 3 is 2.38 bits per heavy atom. The van der Waals surface area contributed by atoms with E-state index < -0.39 is 12.0 Å². The van der Waals surface area contributed by atoms with Gasteiger partial charge in [-0.2, -0.15) is 0 Å². The third-order valence-corrected chi connectivity index (χ3v) is 0.533. The Morgan fingerprint density at radius 1 is 1.75 bits per heavy atom. The van der Waals surface area contributed by atoms with Gasteiger partial charge in [0.05, 0.1) is 6.20 Å². The van der Waals surface area contributed by atoms with Crippen LogP contribution in [0.3, 0.4) is 0 Å². The van der Waals surface area contributed by atoms with E-state index >= 15 is 0 Å². The second-order valence-corrected chi connectivity index (χ2v) is 1.22. The zero-order valence-corrected chi connectivity index (χ0v) is 4.34. The molecule has 0 atom stereocenters. The van der Waals surface area contributed by atoms with E-state index in [4.69, 9.17) is 11.5 Å². The monoisotopic (exact) mass is 117 g/mol. The number of hydrogen-bond acceptors (Lipinski definition) is 3. The number of hydrogen-bond donors (Lipinski definition) is 2. The van der Waals surface area contributed by atoms with E-state index in [-0.39, 0.29) is 0 Å². The second kappa shape index (κ2) is 3.29. The zero-order valence-electron chi connectivity index (χ0n) is 4.34. The Morgan fingerprint density at radius 2 is 2.25 bits per heavy atom. The first-order chi connectivity index (χ1) is 3.68. The van der Waals surface area contributed by atoms with Crippen LogP contribution in [0, 0.1) is 0 Å². The average molecular weight is 117 g/mol. The highest BCUT2D eigenvalue weighted by molar-refractivity contribution is 5.26. The van der Waals surface area contributed by atoms with Crippen molar-refractivity contribution in [3.63, 3.8) is 0 Å². The molecule has 0 saturated carbocycles. The maximum absolute atomic E-state index is 12.0. The largest absolute Gasteiger partial charge is 0.310 e. The first kappa shape index (κ1) is 7.26. The molecule has 0 saturated heterocycles. The molecule has 0 aromatic carbocycles. The third kappa shape index (κ3) is 2.44. The van der Waals surface area contributed by atoms with Crippen LogP contribution in [0.4, 0.5) is 4.39 Å². The van der Waals surface area contributed by atoms with Gasteiger partial charge in [-0.05, 0) is 6.72 Å². The molecule has 0 radical (unpaired) electrons. The number of nitrogens with zero attached hydrogens (tertiary/aromatic N) is 1. The lowest BCUT2D eigenvalue weighted by Gasteiger charge is -1.96. The molecule has 0 spiro atoms. The topological polar surface area (TPSA) is 64.4 Å². The molecular weight excluding hydrogens is 109 g/mol. The predicted molar refractivity (Wildman–Crippen MR) is 30.9 cm³/mol. The van der Waals surface area contributed by atoms with Crippen molar-refractivity contribution in [3.05, 3.63) is 12.0 Å². The van der Waals surface area contributed by atoms with Gasteiger partial charge in [0, 0.05) is 0 Å². The Balaban J connectivity index is 3.78. The molecule has 0 amide bonds. The molecule has 0 aromatic rings. The van der Waals surface area contributed by atoms with Crippen LogP contribution in [-0.4, -0.2) is 12.9 Å². The average Bonchev–Trinajstić information content (AvgIpc) is 1.67. The number of nitrogens with two attached hydrogens (primary N) is 2. The SMILES string of the molecule is C=N/C=C(/F)C(N)N. The van der Waals surface area contributed by atoms with Crippen LogP contribution in [0.15, 0.2) is 17.0 Å². The highest BCUT2D eigenvalue weighted by Crippen LogP contribution is 1.94. The molecule has 0 aliphatic carbocycles. The molecule has 0 aromatic heterocycles. The Bertz CT molecular complexity index is 108. The molecule has 0 bridgehead atoms. The fourth-order valence-corrected chi connectivity index (χ4v) is 0.173. The van der Waals surface area contributed by atoms with Crippen LogP contribution in [0.1, 0.15) is 0 Å². The summed E-state index contributed by atoms with van der Waals surface area (Å²) in [4.78, 5) is 3.11. The number of rotatable bonds is 2. The summed E-state index contributed by atoms with van der Waals surface area (Å²) in [6.07, 6.45) is -0.189. The molecule has 0 unspecified atom stereocenters. The molecule has 4 heteroatoms. The second-order valence-electron chi connectivity index (χ2n) is 1.22. The highest BCUT2D eigenvalue weighted by atomic mass is 19.1. The van der Waals surface area contributed by atoms with E-state index in [1.807, 2.05) is 0 Å². The van der Waals surface area contributed by atoms with E-state index in [0.29, 0.717) is 0 Å². The van der Waals surface area contributed by atoms with Gasteiger partial charge in [-0.1, -0.05) is 0 Å². The summed E-state index contributed by atoms with van der Waals surface area (Å²) < 4.78 is 12.0. The standard InChI is InChI=1S/C4H8FN3/c1-8-2-3(5)4(6)7/h2,4H,1,6-7H2/b3-2+. The van der Waals surface area contributed by atoms with Crippen molar-refractivity contribution in [2.45, 2.75) is 6.17 Å². The van der Waals surface area contributed by atoms with Crippen molar-refractivity contribution in [3.8, 4) is 0 Å². The van der Waals surface area contributed by atoms with Gasteiger partial charge in [-0.15, -0.1) is 0 Å². The van der Waals surface area contributed by atoms with Crippen LogP contribution in [0.25, 0.3) is 0 Å². The van der Waals surface area contributed by atoms with Crippen molar-refractivity contribution < 1.29 is 4.39 Å². The van der Waals surface area contributed by atoms with Crippen molar-refractivity contribution in [1.29, 1.82) is 0 Å². The van der Waals surface area contributed by atoms with E-state index in [9.17, 15) is 4.39 Å². The molecule has 0 fully saturated rings. The lowest BCUT2D eigenvalue weighted by Crippen LogP contribution is -2.30. The molecule has 3 nitrogen and oxygen atoms in total. The molecule has 0 rings (SSSR count). The molecular formula is C4H8FN3. The number of halogens is 1. The van der Waals surface area contributed by atoms with Crippen molar-refractivity contribution in [1.82, 2.24) is 0 Å². The molecule has 0 aliphatic rings. The van der Waals surface area contributed by atoms with Crippen molar-refractivity contribution >= 4 is 6.72 Å². The lowest BCUT2D eigenvalue weighted by molar-refractivity contribution is 0.546. The van der Waals surface area contributed by atoms with Gasteiger partial charge in [0.25, 0.3) is 0 Å². The van der Waals surface area contributed by atoms with Crippen molar-refractivity contribution in [2.75, 3.05) is 0 Å². The Kier molecular flexibility index (Phi) is 2.98. The van der Waals surface area contributed by atoms with E-state index in [0.717, 1.165) is 6.20 Å². The van der Waals surface area contributed by atoms with Gasteiger partial charge in [-0.3, -0.25) is 4.99 Å². The minimum atomic E-state index is -1.07. The van der Waals surface area contributed by atoms with Gasteiger partial charge in [0.1, 0.15) is 12.0 Å². The summed E-state index contributed by atoms with van der Waals surface area (Å²) in [5.41, 5.74) is 9.74. The van der Waals surface area contributed by atoms with Gasteiger partial charge >= 0.3 is 0 Å². The van der Waals surface area contributed by atoms with Gasteiger partial charge in [-0.25, -0.2) is 4.39 Å². The van der Waals surface area contributed by atoms with E-state index in [1.54, 1.807) is 0 Å². The van der Waals surface area contributed by atoms with E-state index in [1.165, 1.54) is 0 Å².